The lowest BCUT2D eigenvalue weighted by molar-refractivity contribution is -0.274. The topological polar surface area (TPSA) is 53.0 Å². The Morgan fingerprint density at radius 1 is 1.14 bits per heavy atom. The van der Waals surface area contributed by atoms with Crippen LogP contribution >= 0.6 is 0 Å². The van der Waals surface area contributed by atoms with E-state index in [1.54, 1.807) is 0 Å². The predicted octanol–water partition coefficient (Wildman–Crippen LogP) is 3.84. The number of piperazine rings is 1. The number of carbonyl (C=O) groups is 1. The van der Waals surface area contributed by atoms with Gasteiger partial charge in [-0.25, -0.2) is 0 Å². The Kier molecular flexibility index (Phi) is 6.44. The van der Waals surface area contributed by atoms with Gasteiger partial charge in [-0.1, -0.05) is 30.3 Å². The van der Waals surface area contributed by atoms with Crippen molar-refractivity contribution >= 4 is 5.97 Å². The van der Waals surface area contributed by atoms with Crippen LogP contribution < -0.4 is 4.74 Å². The van der Waals surface area contributed by atoms with Gasteiger partial charge in [0.15, 0.2) is 0 Å². The molecule has 1 fully saturated rings. The third-order valence-corrected chi connectivity index (χ3v) is 4.90. The molecule has 8 heteroatoms. The molecule has 1 saturated heterocycles. The van der Waals surface area contributed by atoms with Gasteiger partial charge in [-0.15, -0.1) is 13.2 Å². The Balaban J connectivity index is 1.79. The lowest BCUT2D eigenvalue weighted by atomic mass is 10.0. The highest BCUT2D eigenvalue weighted by Gasteiger charge is 2.31. The Morgan fingerprint density at radius 3 is 2.48 bits per heavy atom. The second-order valence-electron chi connectivity index (χ2n) is 7.23. The van der Waals surface area contributed by atoms with E-state index in [9.17, 15) is 18.0 Å². The summed E-state index contributed by atoms with van der Waals surface area (Å²) in [7, 11) is 0. The summed E-state index contributed by atoms with van der Waals surface area (Å²) in [4.78, 5) is 15.0. The fourth-order valence-electron chi connectivity index (χ4n) is 3.62. The van der Waals surface area contributed by atoms with Crippen LogP contribution in [0, 0.1) is 0 Å². The van der Waals surface area contributed by atoms with Gasteiger partial charge in [-0.2, -0.15) is 0 Å². The van der Waals surface area contributed by atoms with Crippen molar-refractivity contribution in [2.75, 3.05) is 26.2 Å². The quantitative estimate of drug-likeness (QED) is 0.787. The van der Waals surface area contributed by atoms with E-state index >= 15 is 0 Å². The first-order valence-corrected chi connectivity index (χ1v) is 9.33. The van der Waals surface area contributed by atoms with Crippen molar-refractivity contribution in [2.45, 2.75) is 25.9 Å². The van der Waals surface area contributed by atoms with Gasteiger partial charge in [0.2, 0.25) is 0 Å². The second kappa shape index (κ2) is 8.84. The summed E-state index contributed by atoms with van der Waals surface area (Å²) in [6, 6.07) is 13.9. The normalized spacial score (nSPS) is 18.6. The Morgan fingerprint density at radius 2 is 1.86 bits per heavy atom. The number of hydrogen-bond acceptors (Lipinski definition) is 4. The van der Waals surface area contributed by atoms with Crippen molar-refractivity contribution in [1.82, 2.24) is 9.80 Å². The number of carboxylic acid groups (broad SMARTS) is 1. The van der Waals surface area contributed by atoms with Gasteiger partial charge in [0.05, 0.1) is 6.54 Å². The van der Waals surface area contributed by atoms with Crippen LogP contribution in [0.1, 0.15) is 12.5 Å². The maximum atomic E-state index is 12.8. The van der Waals surface area contributed by atoms with Gasteiger partial charge in [0.25, 0.3) is 0 Å². The van der Waals surface area contributed by atoms with E-state index < -0.39 is 12.3 Å². The van der Waals surface area contributed by atoms with Crippen molar-refractivity contribution in [1.29, 1.82) is 0 Å². The number of hydrogen-bond donors (Lipinski definition) is 1. The minimum absolute atomic E-state index is 0.0118. The molecule has 2 aromatic rings. The Labute approximate surface area is 167 Å². The lowest BCUT2D eigenvalue weighted by Gasteiger charge is -2.39. The van der Waals surface area contributed by atoms with E-state index in [1.165, 1.54) is 12.1 Å². The molecular weight excluding hydrogens is 385 g/mol. The van der Waals surface area contributed by atoms with Crippen molar-refractivity contribution in [3.8, 4) is 16.9 Å². The highest BCUT2D eigenvalue weighted by molar-refractivity contribution is 5.69. The van der Waals surface area contributed by atoms with E-state index in [1.807, 2.05) is 48.2 Å². The molecule has 29 heavy (non-hydrogen) atoms. The number of halogens is 3. The molecule has 1 aliphatic heterocycles. The van der Waals surface area contributed by atoms with Gasteiger partial charge < -0.3 is 9.84 Å². The minimum Gasteiger partial charge on any atom is -0.480 e. The van der Waals surface area contributed by atoms with E-state index in [0.29, 0.717) is 37.3 Å². The third kappa shape index (κ3) is 6.20. The number of aliphatic carboxylic acids is 1. The smallest absolute Gasteiger partial charge is 0.480 e. The molecule has 0 aliphatic carbocycles. The van der Waals surface area contributed by atoms with Crippen LogP contribution in [0.3, 0.4) is 0 Å². The fourth-order valence-corrected chi connectivity index (χ4v) is 3.62. The molecule has 2 aromatic carbocycles. The molecular formula is C21H23F3N2O3. The van der Waals surface area contributed by atoms with Crippen LogP contribution in [0.25, 0.3) is 11.1 Å². The summed E-state index contributed by atoms with van der Waals surface area (Å²) in [6.45, 7) is 4.27. The standard InChI is InChI=1S/C21H23F3N2O3/c1-15-12-25(7-8-26(15)14-20(27)28)13-16-9-18(17-5-3-2-4-6-17)11-19(10-16)29-21(22,23)24/h2-6,9-11,15H,7-8,12-14H2,1H3,(H,27,28). The third-order valence-electron chi connectivity index (χ3n) is 4.90. The molecule has 1 unspecified atom stereocenters. The molecule has 3 rings (SSSR count). The van der Waals surface area contributed by atoms with E-state index in [-0.39, 0.29) is 18.3 Å². The zero-order chi connectivity index (χ0) is 21.0. The van der Waals surface area contributed by atoms with Crippen molar-refractivity contribution in [3.63, 3.8) is 0 Å². The average Bonchev–Trinajstić information content (AvgIpc) is 2.63. The van der Waals surface area contributed by atoms with Gasteiger partial charge >= 0.3 is 12.3 Å². The maximum Gasteiger partial charge on any atom is 0.573 e. The summed E-state index contributed by atoms with van der Waals surface area (Å²) >= 11 is 0. The maximum absolute atomic E-state index is 12.8. The Hall–Kier alpha value is -2.58. The van der Waals surface area contributed by atoms with Gasteiger partial charge in [-0.05, 0) is 41.8 Å². The zero-order valence-electron chi connectivity index (χ0n) is 16.0. The molecule has 0 bridgehead atoms. The largest absolute Gasteiger partial charge is 0.573 e. The molecule has 0 amide bonds. The van der Waals surface area contributed by atoms with Crippen LogP contribution in [-0.4, -0.2) is 59.5 Å². The number of rotatable bonds is 6. The Bertz CT molecular complexity index is 843. The summed E-state index contributed by atoms with van der Waals surface area (Å²) in [5.41, 5.74) is 2.17. The fraction of sp³-hybridized carbons (Fsp3) is 0.381. The second-order valence-corrected chi connectivity index (χ2v) is 7.23. The summed E-state index contributed by atoms with van der Waals surface area (Å²) in [6.07, 6.45) is -4.76. The van der Waals surface area contributed by atoms with Crippen LogP contribution in [0.15, 0.2) is 48.5 Å². The molecule has 1 heterocycles. The van der Waals surface area contributed by atoms with Gasteiger partial charge in [0, 0.05) is 32.2 Å². The molecule has 0 saturated carbocycles. The highest BCUT2D eigenvalue weighted by atomic mass is 19.4. The van der Waals surface area contributed by atoms with Crippen LogP contribution in [0.5, 0.6) is 5.75 Å². The molecule has 156 valence electrons. The highest BCUT2D eigenvalue weighted by Crippen LogP contribution is 2.30. The van der Waals surface area contributed by atoms with Crippen LogP contribution in [0.4, 0.5) is 13.2 Å². The van der Waals surface area contributed by atoms with E-state index in [2.05, 4.69) is 9.64 Å². The number of benzene rings is 2. The molecule has 5 nitrogen and oxygen atoms in total. The van der Waals surface area contributed by atoms with Gasteiger partial charge in [-0.3, -0.25) is 14.6 Å². The first kappa shape index (κ1) is 21.1. The number of ether oxygens (including phenoxy) is 1. The molecule has 0 radical (unpaired) electrons. The summed E-state index contributed by atoms with van der Waals surface area (Å²) in [5, 5.41) is 8.99. The lowest BCUT2D eigenvalue weighted by Crippen LogP contribution is -2.52. The average molecular weight is 408 g/mol. The molecule has 0 spiro atoms. The predicted molar refractivity (Wildman–Crippen MR) is 103 cm³/mol. The van der Waals surface area contributed by atoms with E-state index in [0.717, 1.165) is 5.56 Å². The van der Waals surface area contributed by atoms with Gasteiger partial charge in [0.1, 0.15) is 5.75 Å². The first-order chi connectivity index (χ1) is 13.7. The summed E-state index contributed by atoms with van der Waals surface area (Å²) < 4.78 is 42.5. The van der Waals surface area contributed by atoms with Crippen molar-refractivity contribution in [2.24, 2.45) is 0 Å². The number of carboxylic acids is 1. The molecule has 1 aliphatic rings. The minimum atomic E-state index is -4.76. The van der Waals surface area contributed by atoms with E-state index in [4.69, 9.17) is 5.11 Å². The monoisotopic (exact) mass is 408 g/mol. The summed E-state index contributed by atoms with van der Waals surface area (Å²) in [5.74, 6) is -1.11. The number of alkyl halides is 3. The first-order valence-electron chi connectivity index (χ1n) is 9.33. The number of nitrogens with zero attached hydrogens (tertiary/aromatic N) is 2. The SMILES string of the molecule is CC1CN(Cc2cc(OC(F)(F)F)cc(-c3ccccc3)c2)CCN1CC(=O)O. The van der Waals surface area contributed by atoms with Crippen LogP contribution in [0.2, 0.25) is 0 Å². The molecule has 1 atom stereocenters. The van der Waals surface area contributed by atoms with Crippen molar-refractivity contribution in [3.05, 3.63) is 54.1 Å². The van der Waals surface area contributed by atoms with Crippen LogP contribution in [-0.2, 0) is 11.3 Å². The molecule has 1 N–H and O–H groups in total. The molecule has 0 aromatic heterocycles. The zero-order valence-corrected chi connectivity index (χ0v) is 16.0. The van der Waals surface area contributed by atoms with Crippen molar-refractivity contribution < 1.29 is 27.8 Å².